The summed E-state index contributed by atoms with van der Waals surface area (Å²) in [5.74, 6) is 0.103. The monoisotopic (exact) mass is 432 g/mol. The third-order valence-corrected chi connectivity index (χ3v) is 6.84. The number of benzene rings is 2. The SMILES string of the molecule is O=C1NC2(CCN(C(=O)CCCC(=O)N3CCc4ccccc43)CC2)Nc2ccccc21. The molecular formula is C25H28N4O3. The third-order valence-electron chi connectivity index (χ3n) is 6.84. The van der Waals surface area contributed by atoms with Gasteiger partial charge in [0.2, 0.25) is 11.8 Å². The van der Waals surface area contributed by atoms with E-state index in [1.807, 2.05) is 52.3 Å². The first-order chi connectivity index (χ1) is 15.5. The van der Waals surface area contributed by atoms with Crippen LogP contribution in [0.4, 0.5) is 11.4 Å². The van der Waals surface area contributed by atoms with Crippen LogP contribution in [-0.2, 0) is 16.0 Å². The molecule has 1 fully saturated rings. The van der Waals surface area contributed by atoms with Gasteiger partial charge in [-0.05, 0) is 36.6 Å². The van der Waals surface area contributed by atoms with Crippen LogP contribution in [0, 0.1) is 0 Å². The van der Waals surface area contributed by atoms with Gasteiger partial charge in [0.25, 0.3) is 5.91 Å². The number of hydrogen-bond donors (Lipinski definition) is 2. The Balaban J connectivity index is 1.10. The highest BCUT2D eigenvalue weighted by Gasteiger charge is 2.40. The lowest BCUT2D eigenvalue weighted by molar-refractivity contribution is -0.132. The first-order valence-electron chi connectivity index (χ1n) is 11.4. The van der Waals surface area contributed by atoms with Crippen molar-refractivity contribution in [3.63, 3.8) is 0 Å². The molecule has 3 aliphatic rings. The van der Waals surface area contributed by atoms with Gasteiger partial charge in [-0.25, -0.2) is 0 Å². The van der Waals surface area contributed by atoms with Crippen molar-refractivity contribution >= 4 is 29.1 Å². The zero-order chi connectivity index (χ0) is 22.1. The Hall–Kier alpha value is -3.35. The van der Waals surface area contributed by atoms with Gasteiger partial charge in [0, 0.05) is 56.7 Å². The summed E-state index contributed by atoms with van der Waals surface area (Å²) < 4.78 is 0. The predicted octanol–water partition coefficient (Wildman–Crippen LogP) is 2.92. The molecule has 3 heterocycles. The molecule has 1 spiro atoms. The molecule has 3 amide bonds. The minimum atomic E-state index is -0.499. The lowest BCUT2D eigenvalue weighted by Crippen LogP contribution is -2.62. The molecule has 0 unspecified atom stereocenters. The zero-order valence-electron chi connectivity index (χ0n) is 18.1. The van der Waals surface area contributed by atoms with E-state index >= 15 is 0 Å². The normalized spacial score (nSPS) is 18.6. The molecule has 7 nitrogen and oxygen atoms in total. The molecule has 2 N–H and O–H groups in total. The van der Waals surface area contributed by atoms with Crippen molar-refractivity contribution in [2.45, 2.75) is 44.2 Å². The highest BCUT2D eigenvalue weighted by atomic mass is 16.2. The van der Waals surface area contributed by atoms with Crippen LogP contribution in [0.2, 0.25) is 0 Å². The van der Waals surface area contributed by atoms with Gasteiger partial charge >= 0.3 is 0 Å². The van der Waals surface area contributed by atoms with Gasteiger partial charge in [-0.3, -0.25) is 14.4 Å². The van der Waals surface area contributed by atoms with Gasteiger partial charge in [-0.15, -0.1) is 0 Å². The van der Waals surface area contributed by atoms with Gasteiger partial charge in [0.05, 0.1) is 5.56 Å². The van der Waals surface area contributed by atoms with Crippen LogP contribution in [0.3, 0.4) is 0 Å². The summed E-state index contributed by atoms with van der Waals surface area (Å²) in [5.41, 5.74) is 3.22. The number of carbonyl (C=O) groups excluding carboxylic acids is 3. The number of piperidine rings is 1. The van der Waals surface area contributed by atoms with Crippen LogP contribution in [0.1, 0.15) is 48.0 Å². The van der Waals surface area contributed by atoms with Crippen molar-refractivity contribution in [2.75, 3.05) is 29.9 Å². The molecule has 0 radical (unpaired) electrons. The summed E-state index contributed by atoms with van der Waals surface area (Å²) in [5, 5.41) is 6.59. The van der Waals surface area contributed by atoms with E-state index in [1.165, 1.54) is 5.56 Å². The number of fused-ring (bicyclic) bond motifs is 2. The van der Waals surface area contributed by atoms with Gasteiger partial charge in [-0.1, -0.05) is 30.3 Å². The number of carbonyl (C=O) groups is 3. The van der Waals surface area contributed by atoms with Crippen LogP contribution in [0.15, 0.2) is 48.5 Å². The molecule has 2 aromatic rings. The molecule has 2 aromatic carbocycles. The molecule has 0 bridgehead atoms. The highest BCUT2D eigenvalue weighted by molar-refractivity contribution is 6.02. The van der Waals surface area contributed by atoms with Crippen LogP contribution in [0.25, 0.3) is 0 Å². The zero-order valence-corrected chi connectivity index (χ0v) is 18.1. The van der Waals surface area contributed by atoms with E-state index in [9.17, 15) is 14.4 Å². The van der Waals surface area contributed by atoms with Gasteiger partial charge in [-0.2, -0.15) is 0 Å². The van der Waals surface area contributed by atoms with Crippen molar-refractivity contribution in [2.24, 2.45) is 0 Å². The van der Waals surface area contributed by atoms with Gasteiger partial charge in [0.15, 0.2) is 0 Å². The third kappa shape index (κ3) is 3.83. The fraction of sp³-hybridized carbons (Fsp3) is 0.400. The summed E-state index contributed by atoms with van der Waals surface area (Å²) in [6.45, 7) is 1.89. The molecule has 0 aliphatic carbocycles. The van der Waals surface area contributed by atoms with Crippen LogP contribution in [-0.4, -0.2) is 47.9 Å². The quantitative estimate of drug-likeness (QED) is 0.778. The number of rotatable bonds is 4. The minimum absolute atomic E-state index is 0.0684. The summed E-state index contributed by atoms with van der Waals surface area (Å²) in [6.07, 6.45) is 3.51. The summed E-state index contributed by atoms with van der Waals surface area (Å²) in [4.78, 5) is 41.6. The number of para-hydroxylation sites is 2. The second-order valence-electron chi connectivity index (χ2n) is 8.87. The van der Waals surface area contributed by atoms with Crippen molar-refractivity contribution in [1.29, 1.82) is 0 Å². The first-order valence-corrected chi connectivity index (χ1v) is 11.4. The number of nitrogens with zero attached hydrogens (tertiary/aromatic N) is 2. The Kier molecular flexibility index (Phi) is 5.33. The summed E-state index contributed by atoms with van der Waals surface area (Å²) >= 11 is 0. The number of amides is 3. The van der Waals surface area contributed by atoms with E-state index in [0.29, 0.717) is 50.8 Å². The van der Waals surface area contributed by atoms with Crippen LogP contribution < -0.4 is 15.5 Å². The van der Waals surface area contributed by atoms with E-state index in [0.717, 1.165) is 24.3 Å². The van der Waals surface area contributed by atoms with Crippen LogP contribution in [0.5, 0.6) is 0 Å². The Labute approximate surface area is 187 Å². The topological polar surface area (TPSA) is 81.8 Å². The Bertz CT molecular complexity index is 1060. The molecule has 166 valence electrons. The fourth-order valence-corrected chi connectivity index (χ4v) is 5.03. The summed E-state index contributed by atoms with van der Waals surface area (Å²) in [6, 6.07) is 15.5. The maximum atomic E-state index is 12.7. The smallest absolute Gasteiger partial charge is 0.255 e. The van der Waals surface area contributed by atoms with Crippen molar-refractivity contribution < 1.29 is 14.4 Å². The predicted molar refractivity (Wildman–Crippen MR) is 122 cm³/mol. The molecule has 0 saturated carbocycles. The fourth-order valence-electron chi connectivity index (χ4n) is 5.03. The number of likely N-dealkylation sites (tertiary alicyclic amines) is 1. The van der Waals surface area contributed by atoms with Crippen LogP contribution >= 0.6 is 0 Å². The number of nitrogens with one attached hydrogen (secondary N) is 2. The summed E-state index contributed by atoms with van der Waals surface area (Å²) in [7, 11) is 0. The molecule has 1 saturated heterocycles. The number of anilines is 2. The maximum Gasteiger partial charge on any atom is 0.255 e. The maximum absolute atomic E-state index is 12.7. The minimum Gasteiger partial charge on any atom is -0.362 e. The van der Waals surface area contributed by atoms with E-state index in [1.54, 1.807) is 0 Å². The van der Waals surface area contributed by atoms with Gasteiger partial charge < -0.3 is 20.4 Å². The lowest BCUT2D eigenvalue weighted by Gasteiger charge is -2.45. The highest BCUT2D eigenvalue weighted by Crippen LogP contribution is 2.32. The molecule has 3 aliphatic heterocycles. The van der Waals surface area contributed by atoms with Crippen molar-refractivity contribution in [3.05, 3.63) is 59.7 Å². The van der Waals surface area contributed by atoms with Crippen molar-refractivity contribution in [3.8, 4) is 0 Å². The molecular weight excluding hydrogens is 404 g/mol. The Morgan fingerprint density at radius 2 is 1.59 bits per heavy atom. The van der Waals surface area contributed by atoms with Crippen molar-refractivity contribution in [1.82, 2.24) is 10.2 Å². The lowest BCUT2D eigenvalue weighted by atomic mass is 9.92. The largest absolute Gasteiger partial charge is 0.362 e. The molecule has 5 rings (SSSR count). The van der Waals surface area contributed by atoms with E-state index in [2.05, 4.69) is 16.7 Å². The van der Waals surface area contributed by atoms with E-state index in [-0.39, 0.29) is 17.7 Å². The second kappa shape index (κ2) is 8.30. The molecule has 0 aromatic heterocycles. The molecule has 7 heteroatoms. The van der Waals surface area contributed by atoms with Gasteiger partial charge in [0.1, 0.15) is 5.66 Å². The Morgan fingerprint density at radius 1 is 0.875 bits per heavy atom. The number of hydrogen-bond acceptors (Lipinski definition) is 4. The first kappa shape index (κ1) is 20.5. The second-order valence-corrected chi connectivity index (χ2v) is 8.87. The van der Waals surface area contributed by atoms with E-state index < -0.39 is 5.66 Å². The standard InChI is InChI=1S/C25H28N4O3/c30-22(10-5-11-23(31)29-15-12-18-6-1-4-9-21(18)29)28-16-13-25(14-17-28)26-20-8-3-2-7-19(20)24(32)27-25/h1-4,6-9,26H,5,10-17H2,(H,27,32). The molecule has 0 atom stereocenters. The molecule has 32 heavy (non-hydrogen) atoms. The average Bonchev–Trinajstić information content (AvgIpc) is 3.24. The Morgan fingerprint density at radius 3 is 2.44 bits per heavy atom. The van der Waals surface area contributed by atoms with E-state index in [4.69, 9.17) is 0 Å². The average molecular weight is 433 g/mol.